The monoisotopic (exact) mass is 440 g/mol. The number of hydrogen-bond acceptors (Lipinski definition) is 4. The summed E-state index contributed by atoms with van der Waals surface area (Å²) >= 11 is 3.23. The molecule has 9 heteroatoms. The molecule has 2 heterocycles. The fraction of sp³-hybridized carbons (Fsp3) is 0.278. The van der Waals surface area contributed by atoms with Gasteiger partial charge in [-0.15, -0.1) is 5.10 Å². The highest BCUT2D eigenvalue weighted by Crippen LogP contribution is 2.32. The summed E-state index contributed by atoms with van der Waals surface area (Å²) in [4.78, 5) is 12.2. The Morgan fingerprint density at radius 3 is 2.59 bits per heavy atom. The van der Waals surface area contributed by atoms with Gasteiger partial charge in [-0.3, -0.25) is 4.79 Å². The van der Waals surface area contributed by atoms with Crippen LogP contribution in [0.5, 0.6) is 0 Å². The minimum atomic E-state index is -4.41. The zero-order valence-corrected chi connectivity index (χ0v) is 16.3. The number of aryl methyl sites for hydroxylation is 2. The Balaban J connectivity index is 2.05. The fourth-order valence-electron chi connectivity index (χ4n) is 2.92. The lowest BCUT2D eigenvalue weighted by Gasteiger charge is -2.18. The highest BCUT2D eigenvalue weighted by atomic mass is 79.9. The summed E-state index contributed by atoms with van der Waals surface area (Å²) in [6.45, 7) is 3.47. The summed E-state index contributed by atoms with van der Waals surface area (Å²) in [5, 5.41) is 12.0. The Labute approximate surface area is 161 Å². The fourth-order valence-corrected chi connectivity index (χ4v) is 3.42. The number of anilines is 1. The first-order valence-corrected chi connectivity index (χ1v) is 8.85. The third kappa shape index (κ3) is 3.69. The van der Waals surface area contributed by atoms with Crippen LogP contribution in [0.3, 0.4) is 0 Å². The van der Waals surface area contributed by atoms with Crippen molar-refractivity contribution in [2.24, 2.45) is 7.05 Å². The van der Waals surface area contributed by atoms with Crippen LogP contribution in [0.1, 0.15) is 29.8 Å². The van der Waals surface area contributed by atoms with Crippen molar-refractivity contribution in [1.82, 2.24) is 14.8 Å². The molecule has 0 spiro atoms. The van der Waals surface area contributed by atoms with Crippen LogP contribution in [0.25, 0.3) is 10.9 Å². The van der Waals surface area contributed by atoms with Crippen LogP contribution in [0, 0.1) is 6.92 Å². The molecular formula is C18H16BrF3N4O. The molecule has 1 N–H and O–H groups in total. The standard InChI is InChI=1S/C18H16BrF3N4O/c1-9(11-5-4-6-12(7-11)18(20,21)22)23-16-13-8-14(19)17(27)26(3)15(13)10(2)24-25-16/h4-9H,1-3H3,(H,23,25)/t9-/m1/s1. The van der Waals surface area contributed by atoms with Crippen molar-refractivity contribution in [1.29, 1.82) is 0 Å². The molecule has 0 fully saturated rings. The van der Waals surface area contributed by atoms with Gasteiger partial charge in [-0.25, -0.2) is 0 Å². The number of nitrogens with zero attached hydrogens (tertiary/aromatic N) is 3. The lowest BCUT2D eigenvalue weighted by Crippen LogP contribution is -2.20. The van der Waals surface area contributed by atoms with Crippen molar-refractivity contribution in [2.45, 2.75) is 26.1 Å². The lowest BCUT2D eigenvalue weighted by atomic mass is 10.0. The zero-order chi connectivity index (χ0) is 19.9. The SMILES string of the molecule is Cc1nnc(N[C@H](C)c2cccc(C(F)(F)F)c2)c2cc(Br)c(=O)n(C)c12. The maximum absolute atomic E-state index is 13.0. The van der Waals surface area contributed by atoms with Gasteiger partial charge in [0, 0.05) is 12.4 Å². The molecule has 3 aromatic rings. The molecule has 5 nitrogen and oxygen atoms in total. The van der Waals surface area contributed by atoms with Crippen LogP contribution in [0.2, 0.25) is 0 Å². The predicted octanol–water partition coefficient (Wildman–Crippen LogP) is 4.59. The molecule has 0 bridgehead atoms. The van der Waals surface area contributed by atoms with Crippen LogP contribution in [0.4, 0.5) is 19.0 Å². The quantitative estimate of drug-likeness (QED) is 0.646. The Morgan fingerprint density at radius 1 is 1.22 bits per heavy atom. The molecule has 2 aromatic heterocycles. The molecule has 1 aromatic carbocycles. The summed E-state index contributed by atoms with van der Waals surface area (Å²) in [7, 11) is 1.63. The van der Waals surface area contributed by atoms with E-state index in [1.165, 1.54) is 10.6 Å². The van der Waals surface area contributed by atoms with Crippen molar-refractivity contribution in [3.05, 3.63) is 62.0 Å². The molecular weight excluding hydrogens is 425 g/mol. The molecule has 142 valence electrons. The van der Waals surface area contributed by atoms with Crippen molar-refractivity contribution in [2.75, 3.05) is 5.32 Å². The number of rotatable bonds is 3. The maximum atomic E-state index is 13.0. The molecule has 0 saturated carbocycles. The van der Waals surface area contributed by atoms with E-state index in [1.54, 1.807) is 33.0 Å². The van der Waals surface area contributed by atoms with E-state index >= 15 is 0 Å². The number of fused-ring (bicyclic) bond motifs is 1. The van der Waals surface area contributed by atoms with Gasteiger partial charge in [-0.05, 0) is 53.5 Å². The number of nitrogens with one attached hydrogen (secondary N) is 1. The van der Waals surface area contributed by atoms with Gasteiger partial charge < -0.3 is 9.88 Å². The average Bonchev–Trinajstić information content (AvgIpc) is 2.61. The van der Waals surface area contributed by atoms with Crippen LogP contribution in [-0.2, 0) is 13.2 Å². The van der Waals surface area contributed by atoms with E-state index in [1.807, 2.05) is 0 Å². The first-order chi connectivity index (χ1) is 12.6. The summed E-state index contributed by atoms with van der Waals surface area (Å²) in [5.74, 6) is 0.386. The second kappa shape index (κ2) is 6.95. The molecule has 0 saturated heterocycles. The van der Waals surface area contributed by atoms with E-state index in [9.17, 15) is 18.0 Å². The number of pyridine rings is 1. The third-order valence-corrected chi connectivity index (χ3v) is 4.90. The largest absolute Gasteiger partial charge is 0.416 e. The molecule has 3 rings (SSSR count). The van der Waals surface area contributed by atoms with E-state index in [-0.39, 0.29) is 5.56 Å². The normalized spacial score (nSPS) is 13.0. The van der Waals surface area contributed by atoms with E-state index in [2.05, 4.69) is 31.4 Å². The second-order valence-corrected chi connectivity index (χ2v) is 7.10. The highest BCUT2D eigenvalue weighted by molar-refractivity contribution is 9.10. The van der Waals surface area contributed by atoms with E-state index in [4.69, 9.17) is 0 Å². The third-order valence-electron chi connectivity index (χ3n) is 4.34. The van der Waals surface area contributed by atoms with Gasteiger partial charge in [0.1, 0.15) is 0 Å². The minimum Gasteiger partial charge on any atom is -0.361 e. The highest BCUT2D eigenvalue weighted by Gasteiger charge is 2.30. The first-order valence-electron chi connectivity index (χ1n) is 8.06. The number of halogens is 4. The molecule has 0 unspecified atom stereocenters. The maximum Gasteiger partial charge on any atom is 0.416 e. The van der Waals surface area contributed by atoms with E-state index in [0.29, 0.717) is 32.5 Å². The van der Waals surface area contributed by atoms with Crippen molar-refractivity contribution in [3.63, 3.8) is 0 Å². The molecule has 0 radical (unpaired) electrons. The Kier molecular flexibility index (Phi) is 4.98. The van der Waals surface area contributed by atoms with E-state index in [0.717, 1.165) is 12.1 Å². The van der Waals surface area contributed by atoms with Gasteiger partial charge in [0.2, 0.25) is 0 Å². The average molecular weight is 441 g/mol. The van der Waals surface area contributed by atoms with Gasteiger partial charge in [-0.1, -0.05) is 12.1 Å². The Hall–Kier alpha value is -2.42. The Morgan fingerprint density at radius 2 is 1.93 bits per heavy atom. The summed E-state index contributed by atoms with van der Waals surface area (Å²) in [5.41, 5.74) is 0.727. The van der Waals surface area contributed by atoms with Gasteiger partial charge in [0.15, 0.2) is 5.82 Å². The van der Waals surface area contributed by atoms with Crippen LogP contribution < -0.4 is 10.9 Å². The molecule has 1 atom stereocenters. The van der Waals surface area contributed by atoms with Gasteiger partial charge in [0.05, 0.1) is 27.3 Å². The van der Waals surface area contributed by atoms with Gasteiger partial charge >= 0.3 is 6.18 Å². The minimum absolute atomic E-state index is 0.213. The summed E-state index contributed by atoms with van der Waals surface area (Å²) in [6.07, 6.45) is -4.41. The number of aromatic nitrogens is 3. The van der Waals surface area contributed by atoms with E-state index < -0.39 is 17.8 Å². The number of benzene rings is 1. The zero-order valence-electron chi connectivity index (χ0n) is 14.7. The topological polar surface area (TPSA) is 59.8 Å². The molecule has 0 aliphatic heterocycles. The van der Waals surface area contributed by atoms with Crippen molar-refractivity contribution in [3.8, 4) is 0 Å². The molecule has 0 amide bonds. The van der Waals surface area contributed by atoms with Crippen LogP contribution >= 0.6 is 15.9 Å². The lowest BCUT2D eigenvalue weighted by molar-refractivity contribution is -0.137. The summed E-state index contributed by atoms with van der Waals surface area (Å²) in [6, 6.07) is 6.30. The summed E-state index contributed by atoms with van der Waals surface area (Å²) < 4.78 is 40.7. The van der Waals surface area contributed by atoms with Crippen LogP contribution in [0.15, 0.2) is 39.6 Å². The van der Waals surface area contributed by atoms with Crippen molar-refractivity contribution < 1.29 is 13.2 Å². The molecule has 0 aliphatic carbocycles. The van der Waals surface area contributed by atoms with Crippen molar-refractivity contribution >= 4 is 32.7 Å². The smallest absolute Gasteiger partial charge is 0.361 e. The number of alkyl halides is 3. The second-order valence-electron chi connectivity index (χ2n) is 6.24. The predicted molar refractivity (Wildman–Crippen MR) is 101 cm³/mol. The van der Waals surface area contributed by atoms with Gasteiger partial charge in [-0.2, -0.15) is 18.3 Å². The van der Waals surface area contributed by atoms with Crippen LogP contribution in [-0.4, -0.2) is 14.8 Å². The molecule has 27 heavy (non-hydrogen) atoms. The molecule has 0 aliphatic rings. The Bertz CT molecular complexity index is 1080. The number of hydrogen-bond donors (Lipinski definition) is 1. The van der Waals surface area contributed by atoms with Gasteiger partial charge in [0.25, 0.3) is 5.56 Å². The first kappa shape index (κ1) is 19.3.